The van der Waals surface area contributed by atoms with E-state index in [0.29, 0.717) is 0 Å². The summed E-state index contributed by atoms with van der Waals surface area (Å²) in [5, 5.41) is 5.83. The van der Waals surface area contributed by atoms with Crippen molar-refractivity contribution >= 4 is 16.7 Å². The predicted molar refractivity (Wildman–Crippen MR) is 106 cm³/mol. The number of amides is 1. The first-order chi connectivity index (χ1) is 12.8. The first-order valence-corrected chi connectivity index (χ1v) is 9.34. The van der Waals surface area contributed by atoms with Crippen LogP contribution in [0.4, 0.5) is 0 Å². The van der Waals surface area contributed by atoms with Crippen molar-refractivity contribution in [3.63, 3.8) is 0 Å². The molecule has 0 aliphatic carbocycles. The Morgan fingerprint density at radius 1 is 0.885 bits per heavy atom. The van der Waals surface area contributed by atoms with Crippen LogP contribution in [-0.2, 0) is 6.54 Å². The molecule has 4 rings (SSSR count). The Morgan fingerprint density at radius 3 is 2.38 bits per heavy atom. The molecular formula is C23H24N2O. The lowest BCUT2D eigenvalue weighted by Gasteiger charge is -2.32. The fraction of sp³-hybridized carbons (Fsp3) is 0.261. The van der Waals surface area contributed by atoms with E-state index in [4.69, 9.17) is 0 Å². The summed E-state index contributed by atoms with van der Waals surface area (Å²) < 4.78 is 0. The van der Waals surface area contributed by atoms with Crippen molar-refractivity contribution < 1.29 is 4.79 Å². The molecule has 0 aromatic heterocycles. The highest BCUT2D eigenvalue weighted by Crippen LogP contribution is 2.22. The maximum atomic E-state index is 12.3. The summed E-state index contributed by atoms with van der Waals surface area (Å²) in [5.41, 5.74) is 2.13. The minimum absolute atomic E-state index is 0.0399. The smallest absolute Gasteiger partial charge is 0.251 e. The highest BCUT2D eigenvalue weighted by Gasteiger charge is 2.21. The maximum absolute atomic E-state index is 12.3. The number of piperidine rings is 1. The number of hydrogen-bond acceptors (Lipinski definition) is 2. The van der Waals surface area contributed by atoms with E-state index in [1.54, 1.807) is 0 Å². The Bertz CT molecular complexity index is 878. The van der Waals surface area contributed by atoms with Gasteiger partial charge in [-0.05, 0) is 41.3 Å². The summed E-state index contributed by atoms with van der Waals surface area (Å²) in [7, 11) is 0. The van der Waals surface area contributed by atoms with E-state index < -0.39 is 0 Å². The van der Waals surface area contributed by atoms with Gasteiger partial charge >= 0.3 is 0 Å². The zero-order chi connectivity index (χ0) is 17.8. The molecule has 1 fully saturated rings. The summed E-state index contributed by atoms with van der Waals surface area (Å²) in [6.45, 7) is 3.01. The van der Waals surface area contributed by atoms with Crippen LogP contribution in [0.25, 0.3) is 10.8 Å². The van der Waals surface area contributed by atoms with Gasteiger partial charge in [-0.25, -0.2) is 0 Å². The molecule has 1 aliphatic rings. The van der Waals surface area contributed by atoms with Crippen LogP contribution < -0.4 is 5.32 Å². The zero-order valence-electron chi connectivity index (χ0n) is 14.9. The number of fused-ring (bicyclic) bond motifs is 1. The molecule has 3 nitrogen and oxygen atoms in total. The Kier molecular flexibility index (Phi) is 4.98. The largest absolute Gasteiger partial charge is 0.349 e. The van der Waals surface area contributed by atoms with Crippen LogP contribution in [-0.4, -0.2) is 29.9 Å². The normalized spacial score (nSPS) is 15.8. The average molecular weight is 344 g/mol. The second kappa shape index (κ2) is 7.71. The molecule has 132 valence electrons. The number of benzene rings is 3. The van der Waals surface area contributed by atoms with Crippen LogP contribution in [0.1, 0.15) is 28.8 Å². The molecule has 1 saturated heterocycles. The van der Waals surface area contributed by atoms with E-state index in [2.05, 4.69) is 52.7 Å². The molecular weight excluding hydrogens is 320 g/mol. The van der Waals surface area contributed by atoms with Crippen molar-refractivity contribution in [3.05, 3.63) is 83.9 Å². The number of carbonyl (C=O) groups is 1. The van der Waals surface area contributed by atoms with Gasteiger partial charge < -0.3 is 5.32 Å². The quantitative estimate of drug-likeness (QED) is 0.768. The Balaban J connectivity index is 1.34. The Hall–Kier alpha value is -2.65. The number of rotatable bonds is 4. The molecule has 0 radical (unpaired) electrons. The minimum Gasteiger partial charge on any atom is -0.349 e. The van der Waals surface area contributed by atoms with Crippen LogP contribution in [0.15, 0.2) is 72.8 Å². The lowest BCUT2D eigenvalue weighted by molar-refractivity contribution is 0.0909. The molecule has 1 N–H and O–H groups in total. The van der Waals surface area contributed by atoms with Gasteiger partial charge in [0.2, 0.25) is 0 Å². The van der Waals surface area contributed by atoms with Crippen LogP contribution >= 0.6 is 0 Å². The van der Waals surface area contributed by atoms with E-state index in [0.717, 1.165) is 38.0 Å². The van der Waals surface area contributed by atoms with Crippen molar-refractivity contribution in [2.24, 2.45) is 0 Å². The van der Waals surface area contributed by atoms with Gasteiger partial charge in [0, 0.05) is 31.2 Å². The first kappa shape index (κ1) is 16.8. The van der Waals surface area contributed by atoms with Crippen molar-refractivity contribution in [3.8, 4) is 0 Å². The van der Waals surface area contributed by atoms with Crippen LogP contribution in [0.5, 0.6) is 0 Å². The molecule has 3 heteroatoms. The molecule has 0 atom stereocenters. The van der Waals surface area contributed by atoms with Gasteiger partial charge in [0.1, 0.15) is 0 Å². The topological polar surface area (TPSA) is 32.3 Å². The molecule has 1 amide bonds. The third-order valence-corrected chi connectivity index (χ3v) is 5.23. The van der Waals surface area contributed by atoms with Crippen LogP contribution in [0.3, 0.4) is 0 Å². The molecule has 3 aromatic carbocycles. The van der Waals surface area contributed by atoms with Gasteiger partial charge in [-0.3, -0.25) is 9.69 Å². The zero-order valence-corrected chi connectivity index (χ0v) is 14.9. The van der Waals surface area contributed by atoms with E-state index in [-0.39, 0.29) is 11.9 Å². The highest BCUT2D eigenvalue weighted by atomic mass is 16.1. The second-order valence-electron chi connectivity index (χ2n) is 7.03. The van der Waals surface area contributed by atoms with Crippen molar-refractivity contribution in [1.29, 1.82) is 0 Å². The van der Waals surface area contributed by atoms with E-state index in [1.807, 2.05) is 30.3 Å². The highest BCUT2D eigenvalue weighted by molar-refractivity contribution is 5.94. The molecule has 0 bridgehead atoms. The first-order valence-electron chi connectivity index (χ1n) is 9.34. The fourth-order valence-electron chi connectivity index (χ4n) is 3.76. The van der Waals surface area contributed by atoms with Gasteiger partial charge in [0.15, 0.2) is 0 Å². The molecule has 1 aliphatic heterocycles. The summed E-state index contributed by atoms with van der Waals surface area (Å²) in [6, 6.07) is 24.9. The van der Waals surface area contributed by atoms with Gasteiger partial charge in [-0.2, -0.15) is 0 Å². The summed E-state index contributed by atoms with van der Waals surface area (Å²) in [4.78, 5) is 14.8. The molecule has 1 heterocycles. The van der Waals surface area contributed by atoms with E-state index in [1.165, 1.54) is 16.3 Å². The monoisotopic (exact) mass is 344 g/mol. The molecule has 0 saturated carbocycles. The lowest BCUT2D eigenvalue weighted by Crippen LogP contribution is -2.44. The number of nitrogens with one attached hydrogen (secondary N) is 1. The molecule has 0 spiro atoms. The predicted octanol–water partition coefficient (Wildman–Crippen LogP) is 4.23. The van der Waals surface area contributed by atoms with Crippen molar-refractivity contribution in [1.82, 2.24) is 10.2 Å². The van der Waals surface area contributed by atoms with Gasteiger partial charge in [0.05, 0.1) is 0 Å². The second-order valence-corrected chi connectivity index (χ2v) is 7.03. The Morgan fingerprint density at radius 2 is 1.58 bits per heavy atom. The Labute approximate surface area is 154 Å². The lowest BCUT2D eigenvalue weighted by atomic mass is 10.0. The summed E-state index contributed by atoms with van der Waals surface area (Å²) in [5.74, 6) is 0.0399. The molecule has 0 unspecified atom stereocenters. The molecule has 3 aromatic rings. The van der Waals surface area contributed by atoms with Crippen LogP contribution in [0, 0.1) is 0 Å². The fourth-order valence-corrected chi connectivity index (χ4v) is 3.76. The van der Waals surface area contributed by atoms with Gasteiger partial charge in [-0.15, -0.1) is 0 Å². The third kappa shape index (κ3) is 3.78. The number of hydrogen-bond donors (Lipinski definition) is 1. The molecule has 26 heavy (non-hydrogen) atoms. The average Bonchev–Trinajstić information content (AvgIpc) is 2.70. The number of nitrogens with zero attached hydrogens (tertiary/aromatic N) is 1. The van der Waals surface area contributed by atoms with Gasteiger partial charge in [-0.1, -0.05) is 60.7 Å². The standard InChI is InChI=1S/C23H24N2O/c26-23(19-8-2-1-3-9-19)24-21-13-15-25(16-14-21)17-20-11-6-10-18-7-4-5-12-22(18)20/h1-12,21H,13-17H2,(H,24,26). The third-order valence-electron chi connectivity index (χ3n) is 5.23. The van der Waals surface area contributed by atoms with Gasteiger partial charge in [0.25, 0.3) is 5.91 Å². The van der Waals surface area contributed by atoms with Crippen molar-refractivity contribution in [2.45, 2.75) is 25.4 Å². The maximum Gasteiger partial charge on any atom is 0.251 e. The van der Waals surface area contributed by atoms with E-state index in [9.17, 15) is 4.79 Å². The van der Waals surface area contributed by atoms with E-state index >= 15 is 0 Å². The number of likely N-dealkylation sites (tertiary alicyclic amines) is 1. The summed E-state index contributed by atoms with van der Waals surface area (Å²) >= 11 is 0. The van der Waals surface area contributed by atoms with Crippen molar-refractivity contribution in [2.75, 3.05) is 13.1 Å². The minimum atomic E-state index is 0.0399. The van der Waals surface area contributed by atoms with Crippen LogP contribution in [0.2, 0.25) is 0 Å². The summed E-state index contributed by atoms with van der Waals surface area (Å²) in [6.07, 6.45) is 2.01. The SMILES string of the molecule is O=C(NC1CCN(Cc2cccc3ccccc23)CC1)c1ccccc1. The number of carbonyl (C=O) groups excluding carboxylic acids is 1.